The monoisotopic (exact) mass is 503 g/mol. The van der Waals surface area contributed by atoms with Crippen molar-refractivity contribution in [2.24, 2.45) is 0 Å². The Morgan fingerprint density at radius 1 is 1.11 bits per heavy atom. The minimum absolute atomic E-state index is 0.0790. The number of amides is 1. The number of rotatable bonds is 6. The van der Waals surface area contributed by atoms with Gasteiger partial charge in [0.25, 0.3) is 5.91 Å². The lowest BCUT2D eigenvalue weighted by atomic mass is 9.85. The minimum Gasteiger partial charge on any atom is -0.349 e. The van der Waals surface area contributed by atoms with E-state index in [2.05, 4.69) is 62.2 Å². The van der Waals surface area contributed by atoms with E-state index in [4.69, 9.17) is 0 Å². The molecule has 9 heteroatoms. The largest absolute Gasteiger partial charge is 0.349 e. The van der Waals surface area contributed by atoms with Gasteiger partial charge in [0.1, 0.15) is 23.0 Å². The molecule has 3 aromatic rings. The summed E-state index contributed by atoms with van der Waals surface area (Å²) in [7, 11) is 0. The Morgan fingerprint density at radius 2 is 1.89 bits per heavy atom. The topological polar surface area (TPSA) is 104 Å². The summed E-state index contributed by atoms with van der Waals surface area (Å²) in [5.41, 5.74) is 3.49. The molecule has 1 saturated carbocycles. The van der Waals surface area contributed by atoms with Crippen LogP contribution < -0.4 is 21.3 Å². The highest BCUT2D eigenvalue weighted by Gasteiger charge is 2.28. The molecule has 2 aromatic heterocycles. The second kappa shape index (κ2) is 9.37. The van der Waals surface area contributed by atoms with Crippen molar-refractivity contribution in [2.45, 2.75) is 70.9 Å². The molecule has 0 unspecified atom stereocenters. The van der Waals surface area contributed by atoms with E-state index in [9.17, 15) is 9.18 Å². The van der Waals surface area contributed by atoms with Crippen molar-refractivity contribution >= 4 is 29.2 Å². The van der Waals surface area contributed by atoms with Crippen LogP contribution in [0.1, 0.15) is 74.6 Å². The second-order valence-electron chi connectivity index (χ2n) is 11.4. The Kier molecular flexibility index (Phi) is 6.35. The summed E-state index contributed by atoms with van der Waals surface area (Å²) in [4.78, 5) is 26.5. The maximum Gasteiger partial charge on any atom is 0.256 e. The van der Waals surface area contributed by atoms with E-state index < -0.39 is 5.41 Å². The fraction of sp³-hybridized carbons (Fsp3) is 0.429. The van der Waals surface area contributed by atoms with Crippen LogP contribution in [0.25, 0.3) is 0 Å². The van der Waals surface area contributed by atoms with Gasteiger partial charge < -0.3 is 21.3 Å². The maximum absolute atomic E-state index is 14.4. The molecule has 1 amide bonds. The average molecular weight is 504 g/mol. The summed E-state index contributed by atoms with van der Waals surface area (Å²) >= 11 is 0. The number of carbonyl (C=O) groups excluding carboxylic acids is 1. The molecule has 2 aliphatic rings. The van der Waals surface area contributed by atoms with Crippen molar-refractivity contribution < 1.29 is 9.18 Å². The molecule has 0 spiro atoms. The Labute approximate surface area is 216 Å². The second-order valence-corrected chi connectivity index (χ2v) is 11.4. The highest BCUT2D eigenvalue weighted by molar-refractivity contribution is 5.99. The van der Waals surface area contributed by atoms with Gasteiger partial charge in [-0.25, -0.2) is 14.4 Å². The number of aromatic nitrogens is 3. The molecule has 0 atom stereocenters. The number of carbonyl (C=O) groups is 1. The van der Waals surface area contributed by atoms with Crippen LogP contribution >= 0.6 is 0 Å². The Bertz CT molecular complexity index is 1340. The van der Waals surface area contributed by atoms with E-state index in [1.807, 2.05) is 26.8 Å². The number of anilines is 4. The summed E-state index contributed by atoms with van der Waals surface area (Å²) in [5, 5.41) is 12.9. The summed E-state index contributed by atoms with van der Waals surface area (Å²) in [6, 6.07) is 9.36. The van der Waals surface area contributed by atoms with Crippen molar-refractivity contribution in [3.63, 3.8) is 0 Å². The number of hydrogen-bond acceptors (Lipinski definition) is 7. The number of nitrogens with zero attached hydrogens (tertiary/aromatic N) is 3. The Hall–Kier alpha value is -3.59. The molecular weight excluding hydrogens is 469 g/mol. The number of fused-ring (bicyclic) bond motifs is 1. The van der Waals surface area contributed by atoms with Crippen LogP contribution in [-0.4, -0.2) is 33.4 Å². The molecule has 1 fully saturated rings. The molecule has 5 rings (SSSR count). The molecule has 1 aromatic carbocycles. The van der Waals surface area contributed by atoms with Crippen molar-refractivity contribution in [1.82, 2.24) is 25.6 Å². The molecule has 8 nitrogen and oxygen atoms in total. The first-order valence-electron chi connectivity index (χ1n) is 12.8. The number of nitrogens with one attached hydrogen (secondary N) is 4. The van der Waals surface area contributed by atoms with Gasteiger partial charge in [-0.3, -0.25) is 4.79 Å². The van der Waals surface area contributed by atoms with Crippen molar-refractivity contribution in [3.8, 4) is 0 Å². The first-order chi connectivity index (χ1) is 17.5. The summed E-state index contributed by atoms with van der Waals surface area (Å²) < 4.78 is 14.4. The van der Waals surface area contributed by atoms with E-state index in [-0.39, 0.29) is 23.3 Å². The molecular formula is C28H34FN7O. The number of halogens is 1. The van der Waals surface area contributed by atoms with Crippen molar-refractivity contribution in [2.75, 3.05) is 17.2 Å². The van der Waals surface area contributed by atoms with Gasteiger partial charge in [0.05, 0.1) is 5.69 Å². The quantitative estimate of drug-likeness (QED) is 0.372. The lowest BCUT2D eigenvalue weighted by Gasteiger charge is -2.34. The molecule has 3 heterocycles. The maximum atomic E-state index is 14.4. The highest BCUT2D eigenvalue weighted by Crippen LogP contribution is 2.31. The van der Waals surface area contributed by atoms with Crippen LogP contribution in [-0.2, 0) is 17.4 Å². The zero-order chi connectivity index (χ0) is 26.4. The average Bonchev–Trinajstić information content (AvgIpc) is 3.63. The van der Waals surface area contributed by atoms with Gasteiger partial charge in [0, 0.05) is 28.9 Å². The molecule has 1 aliphatic carbocycles. The summed E-state index contributed by atoms with van der Waals surface area (Å²) in [6.45, 7) is 11.0. The molecule has 0 saturated heterocycles. The van der Waals surface area contributed by atoms with Gasteiger partial charge in [-0.05, 0) is 75.0 Å². The normalized spacial score (nSPS) is 16.6. The molecule has 37 heavy (non-hydrogen) atoms. The van der Waals surface area contributed by atoms with E-state index in [0.717, 1.165) is 31.5 Å². The van der Waals surface area contributed by atoms with Crippen LogP contribution in [0.5, 0.6) is 0 Å². The van der Waals surface area contributed by atoms with E-state index >= 15 is 0 Å². The smallest absolute Gasteiger partial charge is 0.256 e. The van der Waals surface area contributed by atoms with Crippen LogP contribution in [0.4, 0.5) is 27.7 Å². The van der Waals surface area contributed by atoms with Gasteiger partial charge in [0.2, 0.25) is 5.95 Å². The lowest BCUT2D eigenvalue weighted by Crippen LogP contribution is -2.42. The summed E-state index contributed by atoms with van der Waals surface area (Å²) in [6.07, 6.45) is 4.38. The predicted octanol–water partition coefficient (Wildman–Crippen LogP) is 5.07. The van der Waals surface area contributed by atoms with Crippen LogP contribution in [0.15, 0.2) is 36.5 Å². The summed E-state index contributed by atoms with van der Waals surface area (Å²) in [5.74, 6) is 0.424. The highest BCUT2D eigenvalue weighted by atomic mass is 19.1. The molecule has 4 N–H and O–H groups in total. The number of hydrogen-bond donors (Lipinski definition) is 4. The zero-order valence-electron chi connectivity index (χ0n) is 22.0. The molecule has 194 valence electrons. The van der Waals surface area contributed by atoms with E-state index in [1.165, 1.54) is 23.4 Å². The zero-order valence-corrected chi connectivity index (χ0v) is 22.0. The van der Waals surface area contributed by atoms with Crippen LogP contribution in [0.3, 0.4) is 0 Å². The predicted molar refractivity (Wildman–Crippen MR) is 143 cm³/mol. The Balaban J connectivity index is 1.46. The molecule has 0 radical (unpaired) electrons. The number of pyridine rings is 1. The van der Waals surface area contributed by atoms with Crippen molar-refractivity contribution in [1.29, 1.82) is 0 Å². The van der Waals surface area contributed by atoms with Crippen LogP contribution in [0, 0.1) is 5.82 Å². The first kappa shape index (κ1) is 25.1. The fourth-order valence-electron chi connectivity index (χ4n) is 4.58. The third-order valence-electron chi connectivity index (χ3n) is 6.74. The molecule has 1 aliphatic heterocycles. The van der Waals surface area contributed by atoms with Gasteiger partial charge in [0.15, 0.2) is 0 Å². The SMILES string of the molecule is CC(C)(C)c1nc(Nc2nc(Nc3ccc4c(c3)CCNC4(C)C)ncc2C(=O)NC2CC2)ccc1F. The van der Waals surface area contributed by atoms with Crippen molar-refractivity contribution in [3.05, 3.63) is 64.7 Å². The third-order valence-corrected chi connectivity index (χ3v) is 6.74. The standard InChI is InChI=1S/C28H34FN7O/c1-27(2,3)23-21(29)10-11-22(34-23)35-24-19(25(37)32-17-6-7-17)15-30-26(36-24)33-18-8-9-20-16(14-18)12-13-31-28(20,4)5/h8-11,14-15,17,31H,6-7,12-13H2,1-5H3,(H,32,37)(H2,30,33,34,35,36). The first-order valence-corrected chi connectivity index (χ1v) is 12.8. The fourth-order valence-corrected chi connectivity index (χ4v) is 4.58. The molecule has 0 bridgehead atoms. The lowest BCUT2D eigenvalue weighted by molar-refractivity contribution is 0.0951. The van der Waals surface area contributed by atoms with Gasteiger partial charge >= 0.3 is 0 Å². The number of benzene rings is 1. The van der Waals surface area contributed by atoms with Crippen LogP contribution in [0.2, 0.25) is 0 Å². The van der Waals surface area contributed by atoms with E-state index in [1.54, 1.807) is 6.07 Å². The van der Waals surface area contributed by atoms with Gasteiger partial charge in [-0.1, -0.05) is 26.8 Å². The van der Waals surface area contributed by atoms with Gasteiger partial charge in [-0.15, -0.1) is 0 Å². The van der Waals surface area contributed by atoms with E-state index in [0.29, 0.717) is 28.8 Å². The third kappa shape index (κ3) is 5.56. The Morgan fingerprint density at radius 3 is 2.62 bits per heavy atom. The van der Waals surface area contributed by atoms with Gasteiger partial charge in [-0.2, -0.15) is 4.98 Å². The minimum atomic E-state index is -0.483.